The summed E-state index contributed by atoms with van der Waals surface area (Å²) < 4.78 is 54.7. The SMILES string of the molecule is CC(c1cn[nH]c1)c1cn(CC(=O)N(Cc2ccc(-c3ccc(C(F)(F)F)cc3)cc2)C2CCN(C(C)C)CC2)c(SCc2ccc(F)cc2)nc1=O. The third kappa shape index (κ3) is 9.44. The molecule has 8 nitrogen and oxygen atoms in total. The van der Waals surface area contributed by atoms with Crippen molar-refractivity contribution in [3.63, 3.8) is 0 Å². The van der Waals surface area contributed by atoms with Crippen molar-refractivity contribution < 1.29 is 22.4 Å². The van der Waals surface area contributed by atoms with E-state index in [4.69, 9.17) is 0 Å². The number of piperidine rings is 1. The first-order valence-corrected chi connectivity index (χ1v) is 18.6. The van der Waals surface area contributed by atoms with Gasteiger partial charge in [0.15, 0.2) is 5.16 Å². The van der Waals surface area contributed by atoms with E-state index < -0.39 is 17.3 Å². The molecule has 278 valence electrons. The molecule has 0 bridgehead atoms. The van der Waals surface area contributed by atoms with Crippen molar-refractivity contribution >= 4 is 17.7 Å². The first-order chi connectivity index (χ1) is 25.4. The molecule has 2 aromatic heterocycles. The summed E-state index contributed by atoms with van der Waals surface area (Å²) in [4.78, 5) is 36.7. The summed E-state index contributed by atoms with van der Waals surface area (Å²) in [6.45, 7) is 8.20. The molecule has 1 saturated heterocycles. The maximum absolute atomic E-state index is 14.5. The highest BCUT2D eigenvalue weighted by molar-refractivity contribution is 7.98. The van der Waals surface area contributed by atoms with Gasteiger partial charge in [-0.1, -0.05) is 67.2 Å². The number of H-pyrrole nitrogens is 1. The number of hydrogen-bond acceptors (Lipinski definition) is 6. The lowest BCUT2D eigenvalue weighted by molar-refractivity contribution is -0.138. The zero-order valence-electron chi connectivity index (χ0n) is 29.8. The summed E-state index contributed by atoms with van der Waals surface area (Å²) in [6, 6.07) is 19.1. The van der Waals surface area contributed by atoms with Crippen molar-refractivity contribution in [1.29, 1.82) is 0 Å². The molecule has 53 heavy (non-hydrogen) atoms. The topological polar surface area (TPSA) is 87.1 Å². The number of rotatable bonds is 12. The molecular weight excluding hydrogens is 705 g/mol. The third-order valence-electron chi connectivity index (χ3n) is 9.90. The normalized spacial score (nSPS) is 14.8. The number of carbonyl (C=O) groups is 1. The molecule has 1 amide bonds. The van der Waals surface area contributed by atoms with Crippen LogP contribution in [0, 0.1) is 5.82 Å². The zero-order valence-corrected chi connectivity index (χ0v) is 30.6. The minimum atomic E-state index is -4.41. The standard InChI is InChI=1S/C40H42F4N6O2S/c1-26(2)48-18-16-35(17-19-48)50(22-28-4-8-30(9-5-28)31-10-12-33(13-11-31)40(42,43)44)37(51)24-49-23-36(27(3)32-20-45-46-21-32)38(52)47-39(49)53-25-29-6-14-34(41)15-7-29/h4-15,20-21,23,26-27,35H,16-19,22,24-25H2,1-3H3,(H,45,46). The fourth-order valence-corrected chi connectivity index (χ4v) is 7.57. The number of hydrogen-bond donors (Lipinski definition) is 1. The van der Waals surface area contributed by atoms with E-state index in [1.54, 1.807) is 35.3 Å². The van der Waals surface area contributed by atoms with Crippen LogP contribution in [0.4, 0.5) is 17.6 Å². The average Bonchev–Trinajstić information content (AvgIpc) is 3.70. The van der Waals surface area contributed by atoms with Gasteiger partial charge < -0.3 is 14.4 Å². The molecule has 0 aliphatic carbocycles. The first kappa shape index (κ1) is 38.0. The van der Waals surface area contributed by atoms with Crippen LogP contribution in [0.25, 0.3) is 11.1 Å². The van der Waals surface area contributed by atoms with Crippen molar-refractivity contribution in [3.05, 3.63) is 135 Å². The molecule has 0 radical (unpaired) electrons. The Hall–Kier alpha value is -4.75. The summed E-state index contributed by atoms with van der Waals surface area (Å²) in [5.74, 6) is -0.382. The molecule has 3 heterocycles. The van der Waals surface area contributed by atoms with Crippen LogP contribution in [0.3, 0.4) is 0 Å². The number of aromatic amines is 1. The summed E-state index contributed by atoms with van der Waals surface area (Å²) in [6.07, 6.45) is 2.29. The van der Waals surface area contributed by atoms with Crippen LogP contribution in [-0.2, 0) is 29.8 Å². The van der Waals surface area contributed by atoms with Gasteiger partial charge in [0, 0.05) is 61.3 Å². The van der Waals surface area contributed by atoms with Crippen LogP contribution < -0.4 is 5.56 Å². The first-order valence-electron chi connectivity index (χ1n) is 17.6. The Bertz CT molecular complexity index is 2020. The lowest BCUT2D eigenvalue weighted by Gasteiger charge is -2.40. The van der Waals surface area contributed by atoms with Crippen molar-refractivity contribution in [2.75, 3.05) is 13.1 Å². The fraction of sp³-hybridized carbons (Fsp3) is 0.350. The van der Waals surface area contributed by atoms with E-state index in [9.17, 15) is 27.2 Å². The lowest BCUT2D eigenvalue weighted by Crippen LogP contribution is -2.49. The van der Waals surface area contributed by atoms with Crippen LogP contribution in [0.1, 0.15) is 67.3 Å². The average molecular weight is 747 g/mol. The van der Waals surface area contributed by atoms with Gasteiger partial charge in [0.25, 0.3) is 5.56 Å². The third-order valence-corrected chi connectivity index (χ3v) is 11.0. The Balaban J connectivity index is 1.28. The summed E-state index contributed by atoms with van der Waals surface area (Å²) in [7, 11) is 0. The summed E-state index contributed by atoms with van der Waals surface area (Å²) in [5, 5.41) is 7.20. The second kappa shape index (κ2) is 16.5. The van der Waals surface area contributed by atoms with Gasteiger partial charge in [0.1, 0.15) is 12.4 Å². The van der Waals surface area contributed by atoms with Gasteiger partial charge in [-0.3, -0.25) is 14.7 Å². The lowest BCUT2D eigenvalue weighted by atomic mass is 9.98. The largest absolute Gasteiger partial charge is 0.416 e. The van der Waals surface area contributed by atoms with Gasteiger partial charge >= 0.3 is 6.18 Å². The maximum atomic E-state index is 14.5. The molecule has 1 aliphatic rings. The Morgan fingerprint density at radius 1 is 0.943 bits per heavy atom. The van der Waals surface area contributed by atoms with E-state index in [1.807, 2.05) is 36.1 Å². The predicted molar refractivity (Wildman–Crippen MR) is 198 cm³/mol. The number of nitrogens with one attached hydrogen (secondary N) is 1. The van der Waals surface area contributed by atoms with E-state index in [-0.39, 0.29) is 30.2 Å². The quantitative estimate of drug-likeness (QED) is 0.0789. The molecule has 13 heteroatoms. The number of thioether (sulfide) groups is 1. The Morgan fingerprint density at radius 3 is 2.15 bits per heavy atom. The number of likely N-dealkylation sites (tertiary alicyclic amines) is 1. The fourth-order valence-electron chi connectivity index (χ4n) is 6.65. The van der Waals surface area contributed by atoms with Gasteiger partial charge in [-0.15, -0.1) is 0 Å². The molecule has 1 unspecified atom stereocenters. The van der Waals surface area contributed by atoms with Crippen LogP contribution in [0.2, 0.25) is 0 Å². The number of amides is 1. The molecule has 1 aliphatic heterocycles. The highest BCUT2D eigenvalue weighted by atomic mass is 32.2. The van der Waals surface area contributed by atoms with Crippen LogP contribution in [0.15, 0.2) is 101 Å². The molecule has 6 rings (SSSR count). The molecule has 0 saturated carbocycles. The van der Waals surface area contributed by atoms with Gasteiger partial charge in [-0.25, -0.2) is 4.39 Å². The van der Waals surface area contributed by atoms with E-state index in [0.29, 0.717) is 34.6 Å². The Morgan fingerprint density at radius 2 is 1.57 bits per heavy atom. The van der Waals surface area contributed by atoms with Crippen LogP contribution in [-0.4, -0.2) is 60.6 Å². The second-order valence-corrected chi connectivity index (χ2v) is 14.7. The van der Waals surface area contributed by atoms with E-state index in [0.717, 1.165) is 60.3 Å². The molecule has 3 aromatic carbocycles. The van der Waals surface area contributed by atoms with Crippen molar-refractivity contribution in [1.82, 2.24) is 29.5 Å². The number of nitrogens with zero attached hydrogens (tertiary/aromatic N) is 5. The summed E-state index contributed by atoms with van der Waals surface area (Å²) >= 11 is 1.31. The van der Waals surface area contributed by atoms with Crippen LogP contribution >= 0.6 is 11.8 Å². The van der Waals surface area contributed by atoms with Gasteiger partial charge in [-0.05, 0) is 78.8 Å². The smallest absolute Gasteiger partial charge is 0.334 e. The van der Waals surface area contributed by atoms with Crippen molar-refractivity contribution in [2.24, 2.45) is 0 Å². The number of aromatic nitrogens is 4. The zero-order chi connectivity index (χ0) is 37.7. The minimum Gasteiger partial charge on any atom is -0.334 e. The molecule has 1 fully saturated rings. The van der Waals surface area contributed by atoms with Crippen molar-refractivity contribution in [2.45, 2.75) is 81.8 Å². The van der Waals surface area contributed by atoms with Gasteiger partial charge in [0.2, 0.25) is 5.91 Å². The number of benzene rings is 3. The highest BCUT2D eigenvalue weighted by Crippen LogP contribution is 2.32. The molecule has 5 aromatic rings. The number of alkyl halides is 3. The maximum Gasteiger partial charge on any atom is 0.416 e. The number of carbonyl (C=O) groups excluding carboxylic acids is 1. The van der Waals surface area contributed by atoms with E-state index >= 15 is 0 Å². The van der Waals surface area contributed by atoms with Gasteiger partial charge in [-0.2, -0.15) is 23.3 Å². The Labute approximate surface area is 310 Å². The highest BCUT2D eigenvalue weighted by Gasteiger charge is 2.31. The summed E-state index contributed by atoms with van der Waals surface area (Å²) in [5.41, 5.74) is 3.31. The molecular formula is C40H42F4N6O2S. The number of halogens is 4. The van der Waals surface area contributed by atoms with Gasteiger partial charge in [0.05, 0.1) is 11.8 Å². The monoisotopic (exact) mass is 746 g/mol. The van der Waals surface area contributed by atoms with Crippen molar-refractivity contribution in [3.8, 4) is 11.1 Å². The predicted octanol–water partition coefficient (Wildman–Crippen LogP) is 8.14. The van der Waals surface area contributed by atoms with Crippen LogP contribution in [0.5, 0.6) is 0 Å². The molecule has 1 atom stereocenters. The molecule has 0 spiro atoms. The van der Waals surface area contributed by atoms with E-state index in [2.05, 4.69) is 33.9 Å². The Kier molecular flexibility index (Phi) is 11.8. The second-order valence-electron chi connectivity index (χ2n) is 13.7. The molecule has 1 N–H and O–H groups in total. The van der Waals surface area contributed by atoms with E-state index in [1.165, 1.54) is 36.0 Å². The minimum absolute atomic E-state index is 0.0286.